The first-order valence-corrected chi connectivity index (χ1v) is 4.67. The topological polar surface area (TPSA) is 56.0 Å². The van der Waals surface area contributed by atoms with Crippen LogP contribution >= 0.6 is 15.9 Å². The maximum Gasteiger partial charge on any atom is 0.271 e. The van der Waals surface area contributed by atoms with Crippen molar-refractivity contribution in [2.75, 3.05) is 0 Å². The molecule has 0 saturated heterocycles. The molecule has 0 spiro atoms. The molecule has 70 valence electrons. The zero-order valence-corrected chi connectivity index (χ0v) is 8.56. The van der Waals surface area contributed by atoms with Gasteiger partial charge in [-0.3, -0.25) is 10.1 Å². The van der Waals surface area contributed by atoms with Crippen molar-refractivity contribution < 1.29 is 4.92 Å². The van der Waals surface area contributed by atoms with E-state index in [1.165, 1.54) is 12.1 Å². The van der Waals surface area contributed by atoms with Crippen LogP contribution in [0.1, 0.15) is 0 Å². The number of benzene rings is 1. The number of non-ortho nitro benzene ring substituents is 1. The molecular formula is C9H5BrN2O2. The van der Waals surface area contributed by atoms with Gasteiger partial charge in [-0.05, 0) is 28.1 Å². The van der Waals surface area contributed by atoms with E-state index in [-0.39, 0.29) is 5.69 Å². The van der Waals surface area contributed by atoms with Crippen molar-refractivity contribution in [2.24, 2.45) is 0 Å². The molecule has 1 aromatic heterocycles. The Labute approximate surface area is 87.9 Å². The lowest BCUT2D eigenvalue weighted by atomic mass is 10.2. The zero-order valence-electron chi connectivity index (χ0n) is 6.98. The molecular weight excluding hydrogens is 248 g/mol. The van der Waals surface area contributed by atoms with E-state index in [9.17, 15) is 10.1 Å². The molecule has 0 atom stereocenters. The highest BCUT2D eigenvalue weighted by Gasteiger charge is 2.06. The Hall–Kier alpha value is -1.49. The summed E-state index contributed by atoms with van der Waals surface area (Å²) in [6.07, 6.45) is 0. The number of nitrogens with zero attached hydrogens (tertiary/aromatic N) is 2. The van der Waals surface area contributed by atoms with Gasteiger partial charge < -0.3 is 0 Å². The summed E-state index contributed by atoms with van der Waals surface area (Å²) in [5.74, 6) is 0. The summed E-state index contributed by atoms with van der Waals surface area (Å²) in [5, 5.41) is 11.4. The lowest BCUT2D eigenvalue weighted by Gasteiger charge is -1.97. The number of nitro benzene ring substituents is 1. The number of fused-ring (bicyclic) bond motifs is 1. The number of rotatable bonds is 1. The van der Waals surface area contributed by atoms with E-state index in [4.69, 9.17) is 0 Å². The van der Waals surface area contributed by atoms with Crippen molar-refractivity contribution in [3.8, 4) is 0 Å². The fourth-order valence-electron chi connectivity index (χ4n) is 1.19. The first-order valence-electron chi connectivity index (χ1n) is 3.87. The summed E-state index contributed by atoms with van der Waals surface area (Å²) in [7, 11) is 0. The van der Waals surface area contributed by atoms with Crippen LogP contribution in [0.2, 0.25) is 0 Å². The molecule has 4 nitrogen and oxygen atoms in total. The van der Waals surface area contributed by atoms with E-state index in [1.54, 1.807) is 12.1 Å². The lowest BCUT2D eigenvalue weighted by molar-refractivity contribution is -0.384. The van der Waals surface area contributed by atoms with E-state index < -0.39 is 4.92 Å². The van der Waals surface area contributed by atoms with Crippen LogP contribution in [0.4, 0.5) is 5.69 Å². The Balaban J connectivity index is 2.69. The molecule has 0 radical (unpaired) electrons. The molecule has 2 rings (SSSR count). The number of nitro groups is 1. The molecule has 0 aliphatic carbocycles. The number of pyridine rings is 1. The molecule has 1 aromatic carbocycles. The number of aromatic nitrogens is 1. The average Bonchev–Trinajstić information content (AvgIpc) is 2.16. The molecule has 0 N–H and O–H groups in total. The van der Waals surface area contributed by atoms with Crippen LogP contribution < -0.4 is 0 Å². The quantitative estimate of drug-likeness (QED) is 0.446. The maximum absolute atomic E-state index is 10.5. The van der Waals surface area contributed by atoms with Gasteiger partial charge >= 0.3 is 0 Å². The van der Waals surface area contributed by atoms with E-state index in [0.717, 1.165) is 5.39 Å². The van der Waals surface area contributed by atoms with Gasteiger partial charge in [0.2, 0.25) is 0 Å². The van der Waals surface area contributed by atoms with Crippen LogP contribution in [0.25, 0.3) is 10.9 Å². The predicted molar refractivity (Wildman–Crippen MR) is 56.1 cm³/mol. The predicted octanol–water partition coefficient (Wildman–Crippen LogP) is 2.91. The van der Waals surface area contributed by atoms with Crippen LogP contribution in [0.3, 0.4) is 0 Å². The highest BCUT2D eigenvalue weighted by Crippen LogP contribution is 2.20. The van der Waals surface area contributed by atoms with Gasteiger partial charge in [0.05, 0.1) is 10.4 Å². The Morgan fingerprint density at radius 2 is 2.00 bits per heavy atom. The molecule has 0 aliphatic heterocycles. The molecule has 14 heavy (non-hydrogen) atoms. The van der Waals surface area contributed by atoms with Gasteiger partial charge in [0.25, 0.3) is 5.69 Å². The van der Waals surface area contributed by atoms with Gasteiger partial charge in [-0.15, -0.1) is 0 Å². The van der Waals surface area contributed by atoms with Crippen molar-refractivity contribution >= 4 is 32.5 Å². The van der Waals surface area contributed by atoms with Crippen molar-refractivity contribution in [2.45, 2.75) is 0 Å². The highest BCUT2D eigenvalue weighted by molar-refractivity contribution is 9.10. The average molecular weight is 253 g/mol. The van der Waals surface area contributed by atoms with Crippen LogP contribution in [0.15, 0.2) is 34.9 Å². The standard InChI is InChI=1S/C9H5BrN2O2/c10-9-4-2-6-1-3-7(12(13)14)5-8(6)11-9/h1-5H. The third kappa shape index (κ3) is 1.58. The highest BCUT2D eigenvalue weighted by atomic mass is 79.9. The van der Waals surface area contributed by atoms with Crippen LogP contribution in [-0.2, 0) is 0 Å². The second kappa shape index (κ2) is 3.34. The summed E-state index contributed by atoms with van der Waals surface area (Å²) in [6, 6.07) is 8.27. The maximum atomic E-state index is 10.5. The third-order valence-electron chi connectivity index (χ3n) is 1.85. The summed E-state index contributed by atoms with van der Waals surface area (Å²) in [4.78, 5) is 14.2. The van der Waals surface area contributed by atoms with Crippen molar-refractivity contribution in [1.82, 2.24) is 4.98 Å². The third-order valence-corrected chi connectivity index (χ3v) is 2.29. The second-order valence-electron chi connectivity index (χ2n) is 2.77. The van der Waals surface area contributed by atoms with Crippen molar-refractivity contribution in [3.63, 3.8) is 0 Å². The fraction of sp³-hybridized carbons (Fsp3) is 0. The molecule has 1 heterocycles. The van der Waals surface area contributed by atoms with Crippen LogP contribution in [0.5, 0.6) is 0 Å². The van der Waals surface area contributed by atoms with Gasteiger partial charge in [0.1, 0.15) is 4.60 Å². The first-order chi connectivity index (χ1) is 6.66. The Morgan fingerprint density at radius 1 is 1.29 bits per heavy atom. The smallest absolute Gasteiger partial charge is 0.258 e. The SMILES string of the molecule is O=[N+]([O-])c1ccc2ccc(Br)nc2c1. The monoisotopic (exact) mass is 252 g/mol. The number of halogens is 1. The van der Waals surface area contributed by atoms with Gasteiger partial charge in [0.15, 0.2) is 0 Å². The first kappa shape index (κ1) is 9.08. The van der Waals surface area contributed by atoms with Crippen molar-refractivity contribution in [1.29, 1.82) is 0 Å². The zero-order chi connectivity index (χ0) is 10.1. The van der Waals surface area contributed by atoms with Gasteiger partial charge in [0, 0.05) is 17.5 Å². The Kier molecular flexibility index (Phi) is 2.17. The molecule has 5 heteroatoms. The fourth-order valence-corrected chi connectivity index (χ4v) is 1.52. The summed E-state index contributed by atoms with van der Waals surface area (Å²) < 4.78 is 0.672. The van der Waals surface area contributed by atoms with E-state index in [1.807, 2.05) is 6.07 Å². The van der Waals surface area contributed by atoms with E-state index in [0.29, 0.717) is 10.1 Å². The van der Waals surface area contributed by atoms with Crippen molar-refractivity contribution in [3.05, 3.63) is 45.0 Å². The molecule has 2 aromatic rings. The molecule has 0 fully saturated rings. The summed E-state index contributed by atoms with van der Waals surface area (Å²) >= 11 is 3.21. The largest absolute Gasteiger partial charge is 0.271 e. The summed E-state index contributed by atoms with van der Waals surface area (Å²) in [6.45, 7) is 0. The molecule has 0 amide bonds. The number of hydrogen-bond acceptors (Lipinski definition) is 3. The van der Waals surface area contributed by atoms with Crippen LogP contribution in [0, 0.1) is 10.1 Å². The molecule has 0 aliphatic rings. The minimum Gasteiger partial charge on any atom is -0.258 e. The second-order valence-corrected chi connectivity index (χ2v) is 3.58. The van der Waals surface area contributed by atoms with E-state index in [2.05, 4.69) is 20.9 Å². The molecule has 0 bridgehead atoms. The molecule has 0 saturated carbocycles. The number of hydrogen-bond donors (Lipinski definition) is 0. The minimum atomic E-state index is -0.429. The van der Waals surface area contributed by atoms with Gasteiger partial charge in [-0.25, -0.2) is 4.98 Å². The van der Waals surface area contributed by atoms with E-state index >= 15 is 0 Å². The Morgan fingerprint density at radius 3 is 2.71 bits per heavy atom. The normalized spacial score (nSPS) is 10.4. The minimum absolute atomic E-state index is 0.0584. The lowest BCUT2D eigenvalue weighted by Crippen LogP contribution is -1.88. The van der Waals surface area contributed by atoms with Gasteiger partial charge in [-0.2, -0.15) is 0 Å². The summed E-state index contributed by atoms with van der Waals surface area (Å²) in [5.41, 5.74) is 0.677. The Bertz CT molecular complexity index is 513. The van der Waals surface area contributed by atoms with Gasteiger partial charge in [-0.1, -0.05) is 6.07 Å². The molecule has 0 unspecified atom stereocenters. The van der Waals surface area contributed by atoms with Crippen LogP contribution in [-0.4, -0.2) is 9.91 Å².